The zero-order valence-electron chi connectivity index (χ0n) is 13.0. The number of fused-ring (bicyclic) bond motifs is 5. The van der Waals surface area contributed by atoms with Crippen molar-refractivity contribution in [3.8, 4) is 0 Å². The summed E-state index contributed by atoms with van der Waals surface area (Å²) < 4.78 is 0. The van der Waals surface area contributed by atoms with Gasteiger partial charge >= 0.3 is 6.03 Å². The lowest BCUT2D eigenvalue weighted by atomic mass is 9.86. The van der Waals surface area contributed by atoms with Crippen LogP contribution in [0, 0.1) is 29.6 Å². The molecule has 4 nitrogen and oxygen atoms in total. The van der Waals surface area contributed by atoms with Gasteiger partial charge in [0.05, 0.1) is 6.10 Å². The monoisotopic (exact) mass is 292 g/mol. The van der Waals surface area contributed by atoms with Crippen molar-refractivity contribution >= 4 is 6.03 Å². The summed E-state index contributed by atoms with van der Waals surface area (Å²) in [4.78, 5) is 14.2. The van der Waals surface area contributed by atoms with Gasteiger partial charge in [0.2, 0.25) is 0 Å². The first-order valence-electron chi connectivity index (χ1n) is 8.85. The maximum atomic E-state index is 12.4. The largest absolute Gasteiger partial charge is 0.393 e. The minimum absolute atomic E-state index is 0.0755. The smallest absolute Gasteiger partial charge is 0.317 e. The number of aliphatic hydroxyl groups is 1. The molecule has 0 aromatic heterocycles. The van der Waals surface area contributed by atoms with Crippen molar-refractivity contribution in [3.05, 3.63) is 0 Å². The Kier molecular flexibility index (Phi) is 3.40. The highest BCUT2D eigenvalue weighted by Crippen LogP contribution is 2.65. The molecule has 0 heterocycles. The highest BCUT2D eigenvalue weighted by Gasteiger charge is 2.65. The number of carbonyl (C=O) groups excluding carboxylic acids is 1. The molecule has 2 amide bonds. The lowest BCUT2D eigenvalue weighted by Gasteiger charge is -2.31. The quantitative estimate of drug-likeness (QED) is 0.838. The van der Waals surface area contributed by atoms with E-state index in [1.807, 2.05) is 7.05 Å². The van der Waals surface area contributed by atoms with Gasteiger partial charge in [-0.2, -0.15) is 0 Å². The lowest BCUT2D eigenvalue weighted by molar-refractivity contribution is 0.0564. The zero-order valence-corrected chi connectivity index (χ0v) is 13.0. The van der Waals surface area contributed by atoms with Gasteiger partial charge in [-0.1, -0.05) is 12.8 Å². The molecule has 0 radical (unpaired) electrons. The molecular weight excluding hydrogens is 264 g/mol. The number of hydrogen-bond acceptors (Lipinski definition) is 2. The van der Waals surface area contributed by atoms with Crippen LogP contribution in [0.25, 0.3) is 0 Å². The van der Waals surface area contributed by atoms with E-state index in [0.717, 1.165) is 42.9 Å². The summed E-state index contributed by atoms with van der Waals surface area (Å²) in [7, 11) is 1.88. The maximum absolute atomic E-state index is 12.4. The van der Waals surface area contributed by atoms with Crippen LogP contribution in [0.5, 0.6) is 0 Å². The van der Waals surface area contributed by atoms with Gasteiger partial charge in [0.15, 0.2) is 0 Å². The van der Waals surface area contributed by atoms with Crippen LogP contribution in [0.4, 0.5) is 4.79 Å². The van der Waals surface area contributed by atoms with E-state index in [0.29, 0.717) is 12.6 Å². The van der Waals surface area contributed by atoms with Crippen LogP contribution in [-0.4, -0.2) is 41.8 Å². The van der Waals surface area contributed by atoms with Crippen LogP contribution >= 0.6 is 0 Å². The maximum Gasteiger partial charge on any atom is 0.317 e. The Morgan fingerprint density at radius 2 is 1.81 bits per heavy atom. The zero-order chi connectivity index (χ0) is 14.6. The standard InChI is InChI=1S/C17H28N2O2/c1-19(9-12-4-2-3-5-13(12)20)17(21)18-16-14-10-6-7-11(8-10)15(14)16/h10-16,20H,2-9H2,1H3,(H,18,21). The van der Waals surface area contributed by atoms with Crippen LogP contribution in [0.15, 0.2) is 0 Å². The molecule has 21 heavy (non-hydrogen) atoms. The molecule has 0 saturated heterocycles. The van der Waals surface area contributed by atoms with Crippen LogP contribution < -0.4 is 5.32 Å². The SMILES string of the molecule is CN(CC1CCCCC1O)C(=O)NC1C2C3CCC(C3)C12. The van der Waals surface area contributed by atoms with Crippen LogP contribution in [0.2, 0.25) is 0 Å². The Hall–Kier alpha value is -0.770. The van der Waals surface area contributed by atoms with Crippen molar-refractivity contribution in [1.29, 1.82) is 0 Å². The van der Waals surface area contributed by atoms with Gasteiger partial charge in [-0.15, -0.1) is 0 Å². The predicted octanol–water partition coefficient (Wildman–Crippen LogP) is 2.22. The third-order valence-electron chi connectivity index (χ3n) is 6.75. The van der Waals surface area contributed by atoms with Gasteiger partial charge in [0, 0.05) is 25.6 Å². The molecule has 4 rings (SSSR count). The minimum atomic E-state index is -0.217. The topological polar surface area (TPSA) is 52.6 Å². The summed E-state index contributed by atoms with van der Waals surface area (Å²) in [5.41, 5.74) is 0. The van der Waals surface area contributed by atoms with Crippen LogP contribution in [-0.2, 0) is 0 Å². The van der Waals surface area contributed by atoms with Crippen LogP contribution in [0.1, 0.15) is 44.9 Å². The lowest BCUT2D eigenvalue weighted by Crippen LogP contribution is -2.44. The molecule has 0 spiro atoms. The first kappa shape index (κ1) is 13.9. The van der Waals surface area contributed by atoms with Crippen molar-refractivity contribution in [2.24, 2.45) is 29.6 Å². The van der Waals surface area contributed by atoms with Crippen molar-refractivity contribution in [2.45, 2.75) is 57.1 Å². The Balaban J connectivity index is 1.27. The van der Waals surface area contributed by atoms with Crippen molar-refractivity contribution < 1.29 is 9.90 Å². The van der Waals surface area contributed by atoms with Gasteiger partial charge in [0.1, 0.15) is 0 Å². The van der Waals surface area contributed by atoms with E-state index in [-0.39, 0.29) is 18.1 Å². The fourth-order valence-corrected chi connectivity index (χ4v) is 5.61. The summed E-state index contributed by atoms with van der Waals surface area (Å²) in [5, 5.41) is 13.3. The number of aliphatic hydroxyl groups excluding tert-OH is 1. The summed E-state index contributed by atoms with van der Waals surface area (Å²) in [6.07, 6.45) is 8.25. The highest BCUT2D eigenvalue weighted by atomic mass is 16.3. The van der Waals surface area contributed by atoms with Gasteiger partial charge in [0.25, 0.3) is 0 Å². The highest BCUT2D eigenvalue weighted by molar-refractivity contribution is 5.74. The molecule has 2 N–H and O–H groups in total. The molecule has 2 bridgehead atoms. The molecule has 4 heteroatoms. The molecule has 0 aromatic rings. The Morgan fingerprint density at radius 3 is 2.48 bits per heavy atom. The average molecular weight is 292 g/mol. The van der Waals surface area contributed by atoms with E-state index in [2.05, 4.69) is 5.32 Å². The second kappa shape index (κ2) is 5.15. The molecular formula is C17H28N2O2. The minimum Gasteiger partial charge on any atom is -0.393 e. The van der Waals surface area contributed by atoms with E-state index in [1.54, 1.807) is 4.90 Å². The molecule has 4 aliphatic carbocycles. The first-order chi connectivity index (χ1) is 10.1. The number of rotatable bonds is 3. The number of nitrogens with one attached hydrogen (secondary N) is 1. The fourth-order valence-electron chi connectivity index (χ4n) is 5.61. The third-order valence-corrected chi connectivity index (χ3v) is 6.75. The molecule has 118 valence electrons. The molecule has 4 fully saturated rings. The summed E-state index contributed by atoms with van der Waals surface area (Å²) in [6.45, 7) is 0.696. The summed E-state index contributed by atoms with van der Waals surface area (Å²) in [6, 6.07) is 0.536. The predicted molar refractivity (Wildman–Crippen MR) is 80.7 cm³/mol. The van der Waals surface area contributed by atoms with Crippen molar-refractivity contribution in [3.63, 3.8) is 0 Å². The Bertz CT molecular complexity index is 411. The molecule has 6 unspecified atom stereocenters. The number of carbonyl (C=O) groups is 1. The van der Waals surface area contributed by atoms with Crippen molar-refractivity contribution in [1.82, 2.24) is 10.2 Å². The van der Waals surface area contributed by atoms with E-state index < -0.39 is 0 Å². The number of amides is 2. The van der Waals surface area contributed by atoms with Crippen LogP contribution in [0.3, 0.4) is 0 Å². The van der Waals surface area contributed by atoms with Crippen molar-refractivity contribution in [2.75, 3.05) is 13.6 Å². The fraction of sp³-hybridized carbons (Fsp3) is 0.941. The number of hydrogen-bond donors (Lipinski definition) is 2. The van der Waals surface area contributed by atoms with E-state index in [4.69, 9.17) is 0 Å². The van der Waals surface area contributed by atoms with Gasteiger partial charge in [-0.05, 0) is 55.8 Å². The van der Waals surface area contributed by atoms with E-state index in [9.17, 15) is 9.90 Å². The van der Waals surface area contributed by atoms with E-state index in [1.165, 1.54) is 25.7 Å². The number of urea groups is 1. The normalized spacial score (nSPS) is 47.0. The average Bonchev–Trinajstić information content (AvgIpc) is 2.86. The number of nitrogens with zero attached hydrogens (tertiary/aromatic N) is 1. The second-order valence-electron chi connectivity index (χ2n) is 7.96. The molecule has 4 aliphatic rings. The Morgan fingerprint density at radius 1 is 1.14 bits per heavy atom. The molecule has 4 saturated carbocycles. The Labute approximate surface area is 127 Å². The van der Waals surface area contributed by atoms with Gasteiger partial charge in [-0.25, -0.2) is 4.79 Å². The second-order valence-corrected chi connectivity index (χ2v) is 7.96. The summed E-state index contributed by atoms with van der Waals surface area (Å²) in [5.74, 6) is 3.65. The molecule has 0 aromatic carbocycles. The molecule has 0 aliphatic heterocycles. The first-order valence-corrected chi connectivity index (χ1v) is 8.85. The van der Waals surface area contributed by atoms with Gasteiger partial charge in [-0.3, -0.25) is 0 Å². The molecule has 6 atom stereocenters. The third kappa shape index (κ3) is 2.36. The van der Waals surface area contributed by atoms with E-state index >= 15 is 0 Å². The van der Waals surface area contributed by atoms with Gasteiger partial charge < -0.3 is 15.3 Å². The summed E-state index contributed by atoms with van der Waals surface area (Å²) >= 11 is 0.